The maximum Gasteiger partial charge on any atom is 0.325 e. The second-order valence-corrected chi connectivity index (χ2v) is 5.16. The zero-order valence-corrected chi connectivity index (χ0v) is 11.3. The van der Waals surface area contributed by atoms with Crippen molar-refractivity contribution < 1.29 is 15.0 Å². The zero-order chi connectivity index (χ0) is 14.0. The zero-order valence-electron chi connectivity index (χ0n) is 11.3. The molecule has 0 aliphatic carbocycles. The number of phenolic OH excluding ortho intramolecular Hbond substituents is 1. The van der Waals surface area contributed by atoms with Gasteiger partial charge in [0.05, 0.1) is 0 Å². The molecule has 2 atom stereocenters. The summed E-state index contributed by atoms with van der Waals surface area (Å²) in [5, 5.41) is 19.0. The molecule has 2 rings (SSSR count). The number of carboxylic acid groups (broad SMARTS) is 1. The fourth-order valence-electron chi connectivity index (χ4n) is 2.52. The van der Waals surface area contributed by atoms with Crippen molar-refractivity contribution in [2.75, 3.05) is 26.7 Å². The predicted octanol–water partition coefficient (Wildman–Crippen LogP) is 1.15. The molecular weight excluding hydrogens is 244 g/mol. The van der Waals surface area contributed by atoms with Crippen molar-refractivity contribution in [3.05, 3.63) is 29.8 Å². The van der Waals surface area contributed by atoms with Crippen LogP contribution < -0.4 is 0 Å². The number of likely N-dealkylation sites (N-methyl/N-ethyl adjacent to an activating group) is 1. The number of phenols is 1. The largest absolute Gasteiger partial charge is 0.508 e. The van der Waals surface area contributed by atoms with Gasteiger partial charge in [-0.25, -0.2) is 0 Å². The lowest BCUT2D eigenvalue weighted by atomic mass is 10.0. The number of aliphatic carboxylic acids is 1. The van der Waals surface area contributed by atoms with E-state index in [1.54, 1.807) is 18.2 Å². The highest BCUT2D eigenvalue weighted by Gasteiger charge is 2.32. The molecule has 104 valence electrons. The van der Waals surface area contributed by atoms with Crippen molar-refractivity contribution in [1.82, 2.24) is 9.80 Å². The summed E-state index contributed by atoms with van der Waals surface area (Å²) >= 11 is 0. The Kier molecular flexibility index (Phi) is 4.07. The standard InChI is InChI=1S/C14H20N2O3/c1-10-9-16(7-6-15(10)2)13(14(18)19)11-4-3-5-12(17)8-11/h3-5,8,10,13,17H,6-7,9H2,1-2H3,(H,18,19). The molecule has 1 aromatic carbocycles. The van der Waals surface area contributed by atoms with Gasteiger partial charge in [0.25, 0.3) is 0 Å². The molecule has 1 aliphatic heterocycles. The number of nitrogens with zero attached hydrogens (tertiary/aromatic N) is 2. The minimum absolute atomic E-state index is 0.103. The molecule has 2 N–H and O–H groups in total. The smallest absolute Gasteiger partial charge is 0.325 e. The van der Waals surface area contributed by atoms with Crippen LogP contribution in [0.3, 0.4) is 0 Å². The molecule has 0 spiro atoms. The summed E-state index contributed by atoms with van der Waals surface area (Å²) in [6.07, 6.45) is 0. The number of hydrogen-bond acceptors (Lipinski definition) is 4. The van der Waals surface area contributed by atoms with Crippen molar-refractivity contribution >= 4 is 5.97 Å². The topological polar surface area (TPSA) is 64.0 Å². The lowest BCUT2D eigenvalue weighted by Crippen LogP contribution is -2.52. The monoisotopic (exact) mass is 264 g/mol. The molecule has 0 bridgehead atoms. The maximum atomic E-state index is 11.6. The summed E-state index contributed by atoms with van der Waals surface area (Å²) in [5.74, 6) is -0.770. The summed E-state index contributed by atoms with van der Waals surface area (Å²) < 4.78 is 0. The summed E-state index contributed by atoms with van der Waals surface area (Å²) in [7, 11) is 2.05. The minimum Gasteiger partial charge on any atom is -0.508 e. The first kappa shape index (κ1) is 13.8. The van der Waals surface area contributed by atoms with Gasteiger partial charge in [-0.05, 0) is 31.7 Å². The molecule has 0 aromatic heterocycles. The third kappa shape index (κ3) is 3.05. The van der Waals surface area contributed by atoms with Gasteiger partial charge < -0.3 is 15.1 Å². The van der Waals surface area contributed by atoms with Crippen molar-refractivity contribution in [1.29, 1.82) is 0 Å². The molecule has 1 aromatic rings. The number of benzene rings is 1. The van der Waals surface area contributed by atoms with Crippen molar-refractivity contribution in [2.45, 2.75) is 19.0 Å². The van der Waals surface area contributed by atoms with Crippen LogP contribution in [0.4, 0.5) is 0 Å². The molecule has 5 heteroatoms. The molecule has 19 heavy (non-hydrogen) atoms. The van der Waals surface area contributed by atoms with Crippen molar-refractivity contribution in [3.8, 4) is 5.75 Å². The third-order valence-corrected chi connectivity index (χ3v) is 3.78. The first-order valence-electron chi connectivity index (χ1n) is 6.45. The van der Waals surface area contributed by atoms with E-state index in [0.29, 0.717) is 24.7 Å². The predicted molar refractivity (Wildman–Crippen MR) is 72.1 cm³/mol. The Bertz CT molecular complexity index is 464. The highest BCUT2D eigenvalue weighted by molar-refractivity contribution is 5.75. The Morgan fingerprint density at radius 2 is 2.16 bits per heavy atom. The molecule has 5 nitrogen and oxygen atoms in total. The lowest BCUT2D eigenvalue weighted by Gasteiger charge is -2.40. The van der Waals surface area contributed by atoms with Crippen molar-refractivity contribution in [2.24, 2.45) is 0 Å². The Hall–Kier alpha value is -1.59. The number of carbonyl (C=O) groups is 1. The minimum atomic E-state index is -0.873. The van der Waals surface area contributed by atoms with Gasteiger partial charge >= 0.3 is 5.97 Å². The normalized spacial score (nSPS) is 23.2. The Morgan fingerprint density at radius 3 is 2.74 bits per heavy atom. The van der Waals surface area contributed by atoms with Gasteiger partial charge in [0, 0.05) is 25.7 Å². The lowest BCUT2D eigenvalue weighted by molar-refractivity contribution is -0.144. The first-order chi connectivity index (χ1) is 8.99. The molecule has 0 saturated carbocycles. The first-order valence-corrected chi connectivity index (χ1v) is 6.45. The van der Waals surface area contributed by atoms with E-state index >= 15 is 0 Å². The fourth-order valence-corrected chi connectivity index (χ4v) is 2.52. The van der Waals surface area contributed by atoms with Crippen LogP contribution in [0.15, 0.2) is 24.3 Å². The fraction of sp³-hybridized carbons (Fsp3) is 0.500. The van der Waals surface area contributed by atoms with E-state index in [1.807, 2.05) is 11.9 Å². The molecule has 0 radical (unpaired) electrons. The van der Waals surface area contributed by atoms with Crippen LogP contribution in [0.2, 0.25) is 0 Å². The second kappa shape index (κ2) is 5.59. The van der Waals surface area contributed by atoms with Crippen LogP contribution in [0.25, 0.3) is 0 Å². The number of hydrogen-bond donors (Lipinski definition) is 2. The second-order valence-electron chi connectivity index (χ2n) is 5.16. The Labute approximate surface area is 113 Å². The van der Waals surface area contributed by atoms with E-state index in [2.05, 4.69) is 11.8 Å². The number of piperazine rings is 1. The van der Waals surface area contributed by atoms with Crippen LogP contribution in [-0.2, 0) is 4.79 Å². The average molecular weight is 264 g/mol. The number of aromatic hydroxyl groups is 1. The van der Waals surface area contributed by atoms with Crippen LogP contribution >= 0.6 is 0 Å². The molecule has 1 aliphatic rings. The van der Waals surface area contributed by atoms with E-state index in [1.165, 1.54) is 6.07 Å². The average Bonchev–Trinajstić information content (AvgIpc) is 2.33. The number of carboxylic acids is 1. The van der Waals surface area contributed by atoms with Gasteiger partial charge in [-0.3, -0.25) is 9.69 Å². The maximum absolute atomic E-state index is 11.6. The number of rotatable bonds is 3. The van der Waals surface area contributed by atoms with Gasteiger partial charge in [-0.15, -0.1) is 0 Å². The highest BCUT2D eigenvalue weighted by atomic mass is 16.4. The van der Waals surface area contributed by atoms with Crippen LogP contribution in [0, 0.1) is 0 Å². The molecule has 2 unspecified atom stereocenters. The molecule has 1 fully saturated rings. The quantitative estimate of drug-likeness (QED) is 0.857. The molecule has 1 saturated heterocycles. The molecular formula is C14H20N2O3. The van der Waals surface area contributed by atoms with Gasteiger partial charge in [0.15, 0.2) is 0 Å². The molecule has 0 amide bonds. The van der Waals surface area contributed by atoms with Gasteiger partial charge in [-0.2, -0.15) is 0 Å². The van der Waals surface area contributed by atoms with Gasteiger partial charge in [0.2, 0.25) is 0 Å². The highest BCUT2D eigenvalue weighted by Crippen LogP contribution is 2.26. The summed E-state index contributed by atoms with van der Waals surface area (Å²) in [6.45, 7) is 4.37. The Morgan fingerprint density at radius 1 is 1.42 bits per heavy atom. The molecule has 1 heterocycles. The third-order valence-electron chi connectivity index (χ3n) is 3.78. The summed E-state index contributed by atoms with van der Waals surface area (Å²) in [4.78, 5) is 15.7. The van der Waals surface area contributed by atoms with Crippen LogP contribution in [0.1, 0.15) is 18.5 Å². The van der Waals surface area contributed by atoms with Crippen LogP contribution in [0.5, 0.6) is 5.75 Å². The van der Waals surface area contributed by atoms with E-state index in [4.69, 9.17) is 0 Å². The Balaban J connectivity index is 2.24. The van der Waals surface area contributed by atoms with Gasteiger partial charge in [-0.1, -0.05) is 12.1 Å². The van der Waals surface area contributed by atoms with Gasteiger partial charge in [0.1, 0.15) is 11.8 Å². The van der Waals surface area contributed by atoms with E-state index in [0.717, 1.165) is 6.54 Å². The summed E-state index contributed by atoms with van der Waals surface area (Å²) in [6, 6.07) is 6.15. The van der Waals surface area contributed by atoms with Crippen molar-refractivity contribution in [3.63, 3.8) is 0 Å². The van der Waals surface area contributed by atoms with E-state index in [9.17, 15) is 15.0 Å². The van der Waals surface area contributed by atoms with E-state index < -0.39 is 12.0 Å². The van der Waals surface area contributed by atoms with E-state index in [-0.39, 0.29) is 5.75 Å². The SMILES string of the molecule is CC1CN(C(C(=O)O)c2cccc(O)c2)CCN1C. The summed E-state index contributed by atoms with van der Waals surface area (Å²) in [5.41, 5.74) is 0.629. The van der Waals surface area contributed by atoms with Crippen LogP contribution in [-0.4, -0.2) is 58.7 Å².